The van der Waals surface area contributed by atoms with E-state index in [0.29, 0.717) is 19.3 Å². The normalized spacial score (nSPS) is 13.2. The molecule has 0 fully saturated rings. The molecule has 0 aliphatic carbocycles. The highest BCUT2D eigenvalue weighted by Gasteiger charge is 2.31. The van der Waals surface area contributed by atoms with E-state index in [1.165, 1.54) is 109 Å². The van der Waals surface area contributed by atoms with Crippen molar-refractivity contribution in [3.8, 4) is 0 Å². The molecule has 0 spiro atoms. The molecule has 2 unspecified atom stereocenters. The third kappa shape index (κ3) is 35.3. The van der Waals surface area contributed by atoms with Gasteiger partial charge < -0.3 is 23.8 Å². The number of carboxylic acids is 1. The van der Waals surface area contributed by atoms with Gasteiger partial charge in [-0.1, -0.05) is 160 Å². The number of carbonyl (C=O) groups excluding carboxylic acids is 2. The van der Waals surface area contributed by atoms with Crippen LogP contribution in [0.3, 0.4) is 0 Å². The Morgan fingerprint density at radius 1 is 0.566 bits per heavy atom. The third-order valence-electron chi connectivity index (χ3n) is 9.88. The van der Waals surface area contributed by atoms with Gasteiger partial charge in [0.05, 0.1) is 34.4 Å². The predicted octanol–water partition coefficient (Wildman–Crippen LogP) is 11.7. The number of nitrogens with zero attached hydrogens (tertiary/aromatic N) is 1. The number of hydrogen-bond acceptors (Lipinski definition) is 6. The van der Waals surface area contributed by atoms with Gasteiger partial charge in [-0.15, -0.1) is 0 Å². The fourth-order valence-corrected chi connectivity index (χ4v) is 6.44. The topological polar surface area (TPSA) is 99.1 Å². The Hall–Kier alpha value is -2.19. The number of ether oxygens (including phenoxy) is 3. The number of allylic oxidation sites excluding steroid dienone is 4. The maximum Gasteiger partial charge on any atom is 0.362 e. The van der Waals surface area contributed by atoms with Crippen molar-refractivity contribution < 1.29 is 38.2 Å². The minimum atomic E-state index is -0.878. The molecule has 1 N–H and O–H groups in total. The van der Waals surface area contributed by atoms with Crippen molar-refractivity contribution in [1.82, 2.24) is 0 Å². The highest BCUT2D eigenvalue weighted by molar-refractivity contribution is 5.72. The molecule has 2 atom stereocenters. The minimum Gasteiger partial charge on any atom is -0.477 e. The molecule has 53 heavy (non-hydrogen) atoms. The lowest BCUT2D eigenvalue weighted by Crippen LogP contribution is -2.50. The lowest BCUT2D eigenvalue weighted by atomic mass is 10.0. The Labute approximate surface area is 326 Å². The van der Waals surface area contributed by atoms with Gasteiger partial charge in [-0.3, -0.25) is 9.59 Å². The number of hydrogen-bond donors (Lipinski definition) is 1. The summed E-state index contributed by atoms with van der Waals surface area (Å²) in [5.74, 6) is -1.49. The molecule has 0 aliphatic heterocycles. The van der Waals surface area contributed by atoms with Gasteiger partial charge in [-0.25, -0.2) is 4.79 Å². The standard InChI is InChI=1S/C45H83NO7/c1-6-8-10-12-14-16-18-20-21-22-24-26-28-30-32-34-36-44(48)53-41(39-51-38-37-42(45(49)50)46(3,4)5)40-52-43(47)35-33-31-29-27-25-23-19-17-15-13-11-9-7-2/h21-22,24,26,41-42H,6-20,23,25,27-40H2,1-5H3/p+1/b22-21+,26-24+. The summed E-state index contributed by atoms with van der Waals surface area (Å²) in [5.41, 5.74) is 0. The van der Waals surface area contributed by atoms with Crippen LogP contribution in [-0.4, -0.2) is 80.6 Å². The molecule has 8 nitrogen and oxygen atoms in total. The van der Waals surface area contributed by atoms with Crippen LogP contribution in [0.15, 0.2) is 24.3 Å². The molecule has 8 heteroatoms. The summed E-state index contributed by atoms with van der Waals surface area (Å²) >= 11 is 0. The van der Waals surface area contributed by atoms with Crippen LogP contribution in [0.1, 0.15) is 194 Å². The van der Waals surface area contributed by atoms with Gasteiger partial charge in [0.2, 0.25) is 0 Å². The van der Waals surface area contributed by atoms with Crippen molar-refractivity contribution in [3.05, 3.63) is 24.3 Å². The van der Waals surface area contributed by atoms with Crippen LogP contribution in [0.4, 0.5) is 0 Å². The van der Waals surface area contributed by atoms with Crippen LogP contribution >= 0.6 is 0 Å². The van der Waals surface area contributed by atoms with Crippen molar-refractivity contribution in [2.45, 2.75) is 206 Å². The second-order valence-electron chi connectivity index (χ2n) is 16.0. The first-order valence-electron chi connectivity index (χ1n) is 21.9. The van der Waals surface area contributed by atoms with Gasteiger partial charge in [-0.05, 0) is 38.5 Å². The van der Waals surface area contributed by atoms with Crippen LogP contribution in [0.25, 0.3) is 0 Å². The number of quaternary nitrogens is 1. The van der Waals surface area contributed by atoms with Gasteiger partial charge in [0.15, 0.2) is 12.1 Å². The van der Waals surface area contributed by atoms with Gasteiger partial charge in [-0.2, -0.15) is 0 Å². The van der Waals surface area contributed by atoms with Crippen LogP contribution in [0.5, 0.6) is 0 Å². The van der Waals surface area contributed by atoms with Gasteiger partial charge in [0.1, 0.15) is 6.61 Å². The van der Waals surface area contributed by atoms with Crippen LogP contribution in [0.2, 0.25) is 0 Å². The first kappa shape index (κ1) is 50.8. The van der Waals surface area contributed by atoms with E-state index in [-0.39, 0.29) is 36.2 Å². The highest BCUT2D eigenvalue weighted by Crippen LogP contribution is 2.14. The summed E-state index contributed by atoms with van der Waals surface area (Å²) in [6.45, 7) is 4.71. The lowest BCUT2D eigenvalue weighted by molar-refractivity contribution is -0.887. The maximum atomic E-state index is 12.7. The molecule has 0 aliphatic rings. The molecule has 0 saturated heterocycles. The van der Waals surface area contributed by atoms with Crippen molar-refractivity contribution in [1.29, 1.82) is 0 Å². The summed E-state index contributed by atoms with van der Waals surface area (Å²) < 4.78 is 17.2. The fraction of sp³-hybridized carbons (Fsp3) is 0.844. The summed E-state index contributed by atoms with van der Waals surface area (Å²) in [4.78, 5) is 36.9. The van der Waals surface area contributed by atoms with E-state index in [2.05, 4.69) is 38.2 Å². The first-order chi connectivity index (χ1) is 25.6. The number of unbranched alkanes of at least 4 members (excludes halogenated alkanes) is 22. The molecule has 0 rings (SSSR count). The average Bonchev–Trinajstić information content (AvgIpc) is 3.11. The van der Waals surface area contributed by atoms with E-state index >= 15 is 0 Å². The molecule has 0 radical (unpaired) electrons. The molecular weight excluding hydrogens is 666 g/mol. The van der Waals surface area contributed by atoms with Crippen LogP contribution in [-0.2, 0) is 28.6 Å². The second-order valence-corrected chi connectivity index (χ2v) is 16.0. The van der Waals surface area contributed by atoms with E-state index in [1.54, 1.807) is 0 Å². The van der Waals surface area contributed by atoms with Crippen molar-refractivity contribution in [2.75, 3.05) is 41.0 Å². The zero-order valence-electron chi connectivity index (χ0n) is 35.2. The van der Waals surface area contributed by atoms with E-state index in [9.17, 15) is 19.5 Å². The summed E-state index contributed by atoms with van der Waals surface area (Å²) in [5, 5.41) is 9.61. The fourth-order valence-electron chi connectivity index (χ4n) is 6.44. The Morgan fingerprint density at radius 2 is 0.981 bits per heavy atom. The maximum absolute atomic E-state index is 12.7. The molecule has 0 aromatic rings. The molecule has 0 heterocycles. The number of aliphatic carboxylic acids is 1. The van der Waals surface area contributed by atoms with Gasteiger partial charge in [0, 0.05) is 19.3 Å². The molecule has 0 amide bonds. The Morgan fingerprint density at radius 3 is 1.43 bits per heavy atom. The van der Waals surface area contributed by atoms with Crippen molar-refractivity contribution in [3.63, 3.8) is 0 Å². The van der Waals surface area contributed by atoms with Gasteiger partial charge in [0.25, 0.3) is 0 Å². The smallest absolute Gasteiger partial charge is 0.362 e. The molecule has 310 valence electrons. The molecule has 0 bridgehead atoms. The van der Waals surface area contributed by atoms with E-state index < -0.39 is 18.1 Å². The highest BCUT2D eigenvalue weighted by atomic mass is 16.6. The lowest BCUT2D eigenvalue weighted by Gasteiger charge is -2.31. The molecule has 0 aromatic carbocycles. The molecule has 0 saturated carbocycles. The number of rotatable bonds is 39. The number of esters is 2. The Kier molecular flexibility index (Phi) is 35.2. The van der Waals surface area contributed by atoms with E-state index in [4.69, 9.17) is 14.2 Å². The van der Waals surface area contributed by atoms with Crippen LogP contribution in [0, 0.1) is 0 Å². The average molecular weight is 751 g/mol. The summed E-state index contributed by atoms with van der Waals surface area (Å²) in [6.07, 6.45) is 39.3. The quantitative estimate of drug-likeness (QED) is 0.0289. The first-order valence-corrected chi connectivity index (χ1v) is 21.9. The zero-order chi connectivity index (χ0) is 39.3. The number of carbonyl (C=O) groups is 3. The van der Waals surface area contributed by atoms with E-state index in [1.807, 2.05) is 21.1 Å². The van der Waals surface area contributed by atoms with Crippen molar-refractivity contribution >= 4 is 17.9 Å². The third-order valence-corrected chi connectivity index (χ3v) is 9.88. The number of carboxylic acid groups (broad SMARTS) is 1. The monoisotopic (exact) mass is 751 g/mol. The van der Waals surface area contributed by atoms with Gasteiger partial charge >= 0.3 is 17.9 Å². The summed E-state index contributed by atoms with van der Waals surface area (Å²) in [7, 11) is 5.52. The second kappa shape index (κ2) is 36.8. The SMILES string of the molecule is CCCCCCCCC/C=C/C=C/CCCCCC(=O)OC(COCCC(C(=O)O)[N+](C)(C)C)COC(=O)CCCCCCCCCCCCCCC. The predicted molar refractivity (Wildman–Crippen MR) is 220 cm³/mol. The van der Waals surface area contributed by atoms with E-state index in [0.717, 1.165) is 51.4 Å². The zero-order valence-corrected chi connectivity index (χ0v) is 35.2. The Balaban J connectivity index is 4.39. The van der Waals surface area contributed by atoms with Crippen molar-refractivity contribution in [2.24, 2.45) is 0 Å². The molecule has 0 aromatic heterocycles. The molecular formula is C45H84NO7+. The minimum absolute atomic E-state index is 0.0541. The van der Waals surface area contributed by atoms with Crippen LogP contribution < -0.4 is 0 Å². The largest absolute Gasteiger partial charge is 0.477 e. The Bertz CT molecular complexity index is 926. The number of likely N-dealkylation sites (N-methyl/N-ethyl adjacent to an activating group) is 1. The summed E-state index contributed by atoms with van der Waals surface area (Å²) in [6, 6.07) is -0.616.